The number of aromatic nitrogens is 4. The van der Waals surface area contributed by atoms with Gasteiger partial charge in [-0.2, -0.15) is 5.10 Å². The third kappa shape index (κ3) is 5.97. The van der Waals surface area contributed by atoms with Crippen molar-refractivity contribution in [3.8, 4) is 16.9 Å². The van der Waals surface area contributed by atoms with Gasteiger partial charge in [-0.05, 0) is 87.5 Å². The Morgan fingerprint density at radius 2 is 1.71 bits per heavy atom. The van der Waals surface area contributed by atoms with Crippen LogP contribution in [0.3, 0.4) is 0 Å². The van der Waals surface area contributed by atoms with Crippen molar-refractivity contribution < 1.29 is 9.59 Å². The van der Waals surface area contributed by atoms with Crippen molar-refractivity contribution in [2.24, 2.45) is 5.41 Å². The van der Waals surface area contributed by atoms with Gasteiger partial charge < -0.3 is 20.0 Å². The first kappa shape index (κ1) is 34.2. The van der Waals surface area contributed by atoms with Crippen LogP contribution in [0.15, 0.2) is 88.3 Å². The number of amides is 2. The molecule has 2 fully saturated rings. The van der Waals surface area contributed by atoms with E-state index in [0.717, 1.165) is 65.3 Å². The van der Waals surface area contributed by atoms with Gasteiger partial charge in [0.15, 0.2) is 0 Å². The summed E-state index contributed by atoms with van der Waals surface area (Å²) in [5.74, 6) is -0.528. The van der Waals surface area contributed by atoms with E-state index >= 15 is 0 Å². The Morgan fingerprint density at radius 3 is 2.40 bits per heavy atom. The van der Waals surface area contributed by atoms with Crippen LogP contribution in [-0.2, 0) is 26.2 Å². The smallest absolute Gasteiger partial charge is 0.333 e. The summed E-state index contributed by atoms with van der Waals surface area (Å²) in [5, 5.41) is 7.81. The zero-order valence-electron chi connectivity index (χ0n) is 30.0. The van der Waals surface area contributed by atoms with Gasteiger partial charge in [0.2, 0.25) is 0 Å². The molecule has 11 nitrogen and oxygen atoms in total. The molecule has 2 amide bonds. The van der Waals surface area contributed by atoms with Crippen molar-refractivity contribution in [2.75, 3.05) is 38.1 Å². The van der Waals surface area contributed by atoms with E-state index < -0.39 is 0 Å². The highest BCUT2D eigenvalue weighted by Crippen LogP contribution is 2.41. The molecule has 3 aliphatic heterocycles. The Kier molecular flexibility index (Phi) is 8.70. The molecule has 5 heterocycles. The van der Waals surface area contributed by atoms with E-state index in [1.807, 2.05) is 98.4 Å². The van der Waals surface area contributed by atoms with Crippen LogP contribution in [-0.4, -0.2) is 79.8 Å². The van der Waals surface area contributed by atoms with Gasteiger partial charge in [0.1, 0.15) is 5.69 Å². The summed E-state index contributed by atoms with van der Waals surface area (Å²) in [7, 11) is 2.16. The number of carbonyl (C=O) groups excluding carboxylic acids is 2. The number of fused-ring (bicyclic) bond motifs is 1. The number of nitrogens with one attached hydrogen (secondary N) is 1. The largest absolute Gasteiger partial charge is 0.370 e. The molecular weight excluding hydrogens is 720 g/mol. The van der Waals surface area contributed by atoms with Crippen molar-refractivity contribution in [3.63, 3.8) is 0 Å². The number of benzene rings is 3. The second-order valence-corrected chi connectivity index (χ2v) is 15.6. The number of hydrogen-bond donors (Lipinski definition) is 1. The Labute approximate surface area is 311 Å². The molecule has 0 unspecified atom stereocenters. The van der Waals surface area contributed by atoms with Crippen molar-refractivity contribution in [1.82, 2.24) is 34.0 Å². The van der Waals surface area contributed by atoms with E-state index in [0.29, 0.717) is 22.4 Å². The molecule has 0 bridgehead atoms. The first-order valence-corrected chi connectivity index (χ1v) is 18.7. The molecule has 1 atom stereocenters. The average molecular weight is 764 g/mol. The van der Waals surface area contributed by atoms with Crippen LogP contribution in [0.2, 0.25) is 0 Å². The van der Waals surface area contributed by atoms with Gasteiger partial charge in [0, 0.05) is 84.8 Å². The summed E-state index contributed by atoms with van der Waals surface area (Å²) in [6, 6.07) is 23.1. The molecule has 3 aliphatic rings. The lowest BCUT2D eigenvalue weighted by atomic mass is 9.73. The molecule has 12 heteroatoms. The molecule has 52 heavy (non-hydrogen) atoms. The monoisotopic (exact) mass is 762 g/mol. The first-order valence-electron chi connectivity index (χ1n) is 17.9. The summed E-state index contributed by atoms with van der Waals surface area (Å²) in [5.41, 5.74) is 6.74. The van der Waals surface area contributed by atoms with Gasteiger partial charge in [-0.1, -0.05) is 40.2 Å². The minimum absolute atomic E-state index is 0.119. The van der Waals surface area contributed by atoms with E-state index in [4.69, 9.17) is 0 Å². The van der Waals surface area contributed by atoms with Crippen LogP contribution in [0.5, 0.6) is 0 Å². The van der Waals surface area contributed by atoms with Crippen molar-refractivity contribution >= 4 is 33.4 Å². The highest BCUT2D eigenvalue weighted by Gasteiger charge is 2.50. The number of rotatable bonds is 8. The maximum absolute atomic E-state index is 14.4. The molecule has 0 saturated carbocycles. The minimum Gasteiger partial charge on any atom is -0.370 e. The van der Waals surface area contributed by atoms with Crippen molar-refractivity contribution in [3.05, 3.63) is 122 Å². The van der Waals surface area contributed by atoms with Crippen molar-refractivity contribution in [2.45, 2.75) is 53.0 Å². The number of likely N-dealkylation sites (tertiary alicyclic amines) is 1. The van der Waals surface area contributed by atoms with Crippen LogP contribution in [0.4, 0.5) is 5.69 Å². The Bertz CT molecular complexity index is 2240. The third-order valence-corrected chi connectivity index (χ3v) is 11.7. The van der Waals surface area contributed by atoms with Gasteiger partial charge in [-0.15, -0.1) is 0 Å². The highest BCUT2D eigenvalue weighted by molar-refractivity contribution is 9.10. The third-order valence-electron chi connectivity index (χ3n) is 10.9. The second kappa shape index (κ2) is 13.2. The Hall–Kier alpha value is -4.94. The topological polar surface area (TPSA) is 101 Å². The normalized spacial score (nSPS) is 17.8. The molecule has 3 aromatic carbocycles. The summed E-state index contributed by atoms with van der Waals surface area (Å²) >= 11 is 3.53. The Morgan fingerprint density at radius 1 is 0.981 bits per heavy atom. The number of anilines is 1. The SMILES string of the molecule is CCn1ccc(-c2ccccc2CNC(=O)c2c3n(c(=O)n2-c2ccc(N4CC5(CN(C)C5)C4)cc2)C[C@@H](C)N(C(=O)c2ccc(Br)c(C)c2)C3)n1. The van der Waals surface area contributed by atoms with E-state index in [-0.39, 0.29) is 48.9 Å². The van der Waals surface area contributed by atoms with E-state index in [1.165, 1.54) is 4.57 Å². The molecule has 2 aromatic heterocycles. The fourth-order valence-corrected chi connectivity index (χ4v) is 8.47. The zero-order chi connectivity index (χ0) is 36.3. The molecule has 0 radical (unpaired) electrons. The quantitative estimate of drug-likeness (QED) is 0.230. The molecule has 8 rings (SSSR count). The number of hydrogen-bond acceptors (Lipinski definition) is 6. The van der Waals surface area contributed by atoms with Gasteiger partial charge in [-0.3, -0.25) is 23.4 Å². The predicted molar refractivity (Wildman–Crippen MR) is 205 cm³/mol. The molecule has 5 aromatic rings. The maximum atomic E-state index is 14.4. The molecule has 268 valence electrons. The van der Waals surface area contributed by atoms with Gasteiger partial charge >= 0.3 is 5.69 Å². The zero-order valence-corrected chi connectivity index (χ0v) is 31.6. The predicted octanol–water partition coefficient (Wildman–Crippen LogP) is 5.32. The number of aryl methyl sites for hydroxylation is 2. The first-order chi connectivity index (χ1) is 25.0. The number of halogens is 1. The van der Waals surface area contributed by atoms with E-state index in [2.05, 4.69) is 43.2 Å². The molecule has 2 saturated heterocycles. The van der Waals surface area contributed by atoms with Crippen LogP contribution in [0, 0.1) is 12.3 Å². The summed E-state index contributed by atoms with van der Waals surface area (Å²) < 4.78 is 5.99. The number of nitrogens with zero attached hydrogens (tertiary/aromatic N) is 7. The molecule has 1 spiro atoms. The van der Waals surface area contributed by atoms with Crippen LogP contribution in [0.1, 0.15) is 51.5 Å². The average Bonchev–Trinajstić information content (AvgIpc) is 3.71. The van der Waals surface area contributed by atoms with Gasteiger partial charge in [0.05, 0.1) is 23.6 Å². The standard InChI is InChI=1S/C40H43BrN8O3/c1-5-46-17-16-34(43-46)32-9-7-6-8-29(32)19-42-37(50)36-35-21-47(38(51)28-10-15-33(41)26(2)18-28)27(3)20-48(35)39(52)49(36)31-13-11-30(12-14-31)45-24-40(25-45)22-44(4)23-40/h6-18,27H,5,19-25H2,1-4H3,(H,42,50)/t27-/m1/s1. The second-order valence-electron chi connectivity index (χ2n) is 14.7. The van der Waals surface area contributed by atoms with Gasteiger partial charge in [0.25, 0.3) is 11.8 Å². The molecular formula is C40H43BrN8O3. The van der Waals surface area contributed by atoms with Crippen LogP contribution < -0.4 is 15.9 Å². The van der Waals surface area contributed by atoms with E-state index in [9.17, 15) is 14.4 Å². The summed E-state index contributed by atoms with van der Waals surface area (Å²) in [6.45, 7) is 11.6. The minimum atomic E-state index is -0.385. The van der Waals surface area contributed by atoms with Gasteiger partial charge in [-0.25, -0.2) is 4.79 Å². The molecule has 0 aliphatic carbocycles. The summed E-state index contributed by atoms with van der Waals surface area (Å²) in [4.78, 5) is 49.2. The highest BCUT2D eigenvalue weighted by atomic mass is 79.9. The van der Waals surface area contributed by atoms with E-state index in [1.54, 1.807) is 15.5 Å². The maximum Gasteiger partial charge on any atom is 0.333 e. The van der Waals surface area contributed by atoms with Crippen LogP contribution in [0.25, 0.3) is 16.9 Å². The number of imidazole rings is 1. The lowest BCUT2D eigenvalue weighted by molar-refractivity contribution is -0.00238. The number of carbonyl (C=O) groups is 2. The fourth-order valence-electron chi connectivity index (χ4n) is 8.23. The fraction of sp³-hybridized carbons (Fsp3) is 0.350. The molecule has 1 N–H and O–H groups in total. The van der Waals surface area contributed by atoms with Crippen LogP contribution >= 0.6 is 15.9 Å². The lowest BCUT2D eigenvalue weighted by Gasteiger charge is -2.60. The van der Waals surface area contributed by atoms with Crippen molar-refractivity contribution in [1.29, 1.82) is 0 Å². The Balaban J connectivity index is 1.13. The summed E-state index contributed by atoms with van der Waals surface area (Å²) in [6.07, 6.45) is 1.94. The lowest BCUT2D eigenvalue weighted by Crippen LogP contribution is -2.71.